The molecule has 4 unspecified atom stereocenters. The molecule has 1 aromatic rings. The summed E-state index contributed by atoms with van der Waals surface area (Å²) in [5.41, 5.74) is 3.19. The second-order valence-electron chi connectivity index (χ2n) is 8.27. The summed E-state index contributed by atoms with van der Waals surface area (Å²) >= 11 is 0. The molecule has 1 amide bonds. The molecule has 3 fully saturated rings. The Labute approximate surface area is 152 Å². The van der Waals surface area contributed by atoms with E-state index in [9.17, 15) is 15.0 Å². The van der Waals surface area contributed by atoms with E-state index in [0.717, 1.165) is 24.2 Å². The van der Waals surface area contributed by atoms with Crippen LogP contribution in [0.4, 0.5) is 5.69 Å². The summed E-state index contributed by atoms with van der Waals surface area (Å²) in [5, 5.41) is 21.5. The highest BCUT2D eigenvalue weighted by molar-refractivity contribution is 6.01. The van der Waals surface area contributed by atoms with Crippen LogP contribution in [-0.2, 0) is 10.2 Å². The zero-order valence-electron chi connectivity index (χ0n) is 14.6. The minimum Gasteiger partial charge on any atom is -0.392 e. The first-order valence-electron chi connectivity index (χ1n) is 9.50. The van der Waals surface area contributed by atoms with Gasteiger partial charge in [-0.3, -0.25) is 9.69 Å². The highest BCUT2D eigenvalue weighted by atomic mass is 16.3. The lowest BCUT2D eigenvalue weighted by Crippen LogP contribution is -2.70. The van der Waals surface area contributed by atoms with Gasteiger partial charge in [0, 0.05) is 37.5 Å². The lowest BCUT2D eigenvalue weighted by atomic mass is 9.55. The van der Waals surface area contributed by atoms with Crippen LogP contribution < -0.4 is 4.90 Å². The van der Waals surface area contributed by atoms with Crippen molar-refractivity contribution in [2.24, 2.45) is 5.92 Å². The predicted molar refractivity (Wildman–Crippen MR) is 96.5 cm³/mol. The Bertz CT molecular complexity index is 906. The number of hydrogen-bond donors (Lipinski definition) is 2. The number of amides is 1. The number of fused-ring (bicyclic) bond motifs is 4. The number of aliphatic hydroxyl groups excluding tert-OH is 1. The van der Waals surface area contributed by atoms with Crippen LogP contribution in [0.25, 0.3) is 0 Å². The minimum absolute atomic E-state index is 0.0179. The van der Waals surface area contributed by atoms with Crippen molar-refractivity contribution >= 4 is 11.6 Å². The van der Waals surface area contributed by atoms with Crippen molar-refractivity contribution in [3.8, 4) is 0 Å². The van der Waals surface area contributed by atoms with Gasteiger partial charge in [0.1, 0.15) is 5.72 Å². The number of nitrogens with zero attached hydrogens (tertiary/aromatic N) is 2. The molecule has 1 aromatic carbocycles. The number of anilines is 1. The van der Waals surface area contributed by atoms with Gasteiger partial charge < -0.3 is 15.1 Å². The molecule has 0 aromatic heterocycles. The predicted octanol–water partition coefficient (Wildman–Crippen LogP) is 1.32. The largest absolute Gasteiger partial charge is 0.392 e. The standard InChI is InChI=1S/C21H22N2O3/c24-10-7-13-12-22-9-8-20-16-3-1-2-4-17(16)23-18(25)6-5-14(19(20)23)15(13)11-21(20,22)26/h1-5,7,15,19,24,26H,6,8-12H2. The van der Waals surface area contributed by atoms with Crippen LogP contribution in [0.3, 0.4) is 0 Å². The fourth-order valence-corrected chi connectivity index (χ4v) is 6.64. The van der Waals surface area contributed by atoms with E-state index in [1.165, 1.54) is 11.1 Å². The summed E-state index contributed by atoms with van der Waals surface area (Å²) in [6.45, 7) is 1.53. The van der Waals surface area contributed by atoms with E-state index < -0.39 is 11.1 Å². The highest BCUT2D eigenvalue weighted by Crippen LogP contribution is 2.67. The normalized spacial score (nSPS) is 41.3. The van der Waals surface area contributed by atoms with Crippen LogP contribution in [0.2, 0.25) is 0 Å². The minimum atomic E-state index is -0.936. The maximum atomic E-state index is 12.9. The summed E-state index contributed by atoms with van der Waals surface area (Å²) in [6, 6.07) is 8.05. The first-order chi connectivity index (χ1) is 12.6. The van der Waals surface area contributed by atoms with Crippen LogP contribution in [-0.4, -0.2) is 52.5 Å². The van der Waals surface area contributed by atoms with Crippen molar-refractivity contribution in [1.29, 1.82) is 0 Å². The third kappa shape index (κ3) is 1.42. The number of aliphatic hydroxyl groups is 2. The van der Waals surface area contributed by atoms with E-state index in [-0.39, 0.29) is 24.5 Å². The van der Waals surface area contributed by atoms with Crippen molar-refractivity contribution < 1.29 is 15.0 Å². The molecule has 5 nitrogen and oxygen atoms in total. The van der Waals surface area contributed by atoms with E-state index in [1.807, 2.05) is 29.2 Å². The molecule has 134 valence electrons. The van der Waals surface area contributed by atoms with Crippen molar-refractivity contribution in [3.63, 3.8) is 0 Å². The van der Waals surface area contributed by atoms with Crippen LogP contribution in [0.15, 0.2) is 47.6 Å². The Hall–Kier alpha value is -1.95. The number of para-hydroxylation sites is 1. The average Bonchev–Trinajstić information content (AvgIpc) is 3.13. The number of hydrogen-bond acceptors (Lipinski definition) is 4. The third-order valence-electron chi connectivity index (χ3n) is 7.55. The molecule has 4 atom stereocenters. The van der Waals surface area contributed by atoms with E-state index in [0.29, 0.717) is 19.4 Å². The fourth-order valence-electron chi connectivity index (χ4n) is 6.64. The van der Waals surface area contributed by atoms with Crippen molar-refractivity contribution in [2.75, 3.05) is 24.6 Å². The van der Waals surface area contributed by atoms with Gasteiger partial charge in [-0.05, 0) is 23.6 Å². The van der Waals surface area contributed by atoms with Gasteiger partial charge in [-0.25, -0.2) is 0 Å². The van der Waals surface area contributed by atoms with E-state index in [4.69, 9.17) is 0 Å². The number of carbonyl (C=O) groups is 1. The molecule has 1 spiro atoms. The van der Waals surface area contributed by atoms with Crippen LogP contribution in [0.1, 0.15) is 24.8 Å². The van der Waals surface area contributed by atoms with E-state index in [2.05, 4.69) is 17.0 Å². The summed E-state index contributed by atoms with van der Waals surface area (Å²) in [6.07, 6.45) is 5.93. The van der Waals surface area contributed by atoms with Crippen LogP contribution in [0.5, 0.6) is 0 Å². The van der Waals surface area contributed by atoms with Gasteiger partial charge in [0.25, 0.3) is 0 Å². The monoisotopic (exact) mass is 350 g/mol. The quantitative estimate of drug-likeness (QED) is 0.750. The molecule has 2 bridgehead atoms. The number of benzene rings is 1. The van der Waals surface area contributed by atoms with Crippen molar-refractivity contribution in [2.45, 2.75) is 36.4 Å². The highest BCUT2D eigenvalue weighted by Gasteiger charge is 2.74. The second kappa shape index (κ2) is 4.66. The fraction of sp³-hybridized carbons (Fsp3) is 0.476. The lowest BCUT2D eigenvalue weighted by Gasteiger charge is -2.59. The summed E-state index contributed by atoms with van der Waals surface area (Å²) in [7, 11) is 0. The van der Waals surface area contributed by atoms with Gasteiger partial charge in [-0.15, -0.1) is 0 Å². The lowest BCUT2D eigenvalue weighted by molar-refractivity contribution is -0.159. The summed E-state index contributed by atoms with van der Waals surface area (Å²) in [4.78, 5) is 17.1. The molecule has 6 rings (SSSR count). The SMILES string of the molecule is O=C1CC=C2C3CC4(O)N(CCC45c4ccccc4N1C25)CC3=CCO. The Morgan fingerprint density at radius 2 is 2.15 bits per heavy atom. The molecule has 2 N–H and O–H groups in total. The van der Waals surface area contributed by atoms with Gasteiger partial charge >= 0.3 is 0 Å². The zero-order chi connectivity index (χ0) is 17.7. The molecule has 4 heterocycles. The summed E-state index contributed by atoms with van der Waals surface area (Å²) in [5.74, 6) is 0.238. The molecule has 5 aliphatic rings. The van der Waals surface area contributed by atoms with Crippen LogP contribution >= 0.6 is 0 Å². The van der Waals surface area contributed by atoms with Gasteiger partial charge in [0.2, 0.25) is 5.91 Å². The topological polar surface area (TPSA) is 64.0 Å². The number of rotatable bonds is 1. The molecule has 26 heavy (non-hydrogen) atoms. The van der Waals surface area contributed by atoms with Gasteiger partial charge in [-0.1, -0.05) is 35.9 Å². The summed E-state index contributed by atoms with van der Waals surface area (Å²) < 4.78 is 0. The Morgan fingerprint density at radius 3 is 3.00 bits per heavy atom. The maximum absolute atomic E-state index is 12.9. The molecule has 0 radical (unpaired) electrons. The van der Waals surface area contributed by atoms with E-state index in [1.54, 1.807) is 0 Å². The third-order valence-corrected chi connectivity index (χ3v) is 7.55. The zero-order valence-corrected chi connectivity index (χ0v) is 14.6. The molecular formula is C21H22N2O3. The molecule has 5 heteroatoms. The van der Waals surface area contributed by atoms with E-state index >= 15 is 0 Å². The van der Waals surface area contributed by atoms with Gasteiger partial charge in [0.05, 0.1) is 18.1 Å². The second-order valence-corrected chi connectivity index (χ2v) is 8.27. The molecule has 4 aliphatic heterocycles. The molecule has 1 aliphatic carbocycles. The molecular weight excluding hydrogens is 328 g/mol. The first-order valence-corrected chi connectivity index (χ1v) is 9.50. The Morgan fingerprint density at radius 1 is 1.31 bits per heavy atom. The Balaban J connectivity index is 1.67. The van der Waals surface area contributed by atoms with Gasteiger partial charge in [0.15, 0.2) is 0 Å². The van der Waals surface area contributed by atoms with Crippen LogP contribution in [0, 0.1) is 5.92 Å². The molecule has 1 saturated carbocycles. The number of piperidine rings is 1. The Kier molecular flexibility index (Phi) is 2.71. The van der Waals surface area contributed by atoms with Crippen molar-refractivity contribution in [3.05, 3.63) is 53.1 Å². The average molecular weight is 350 g/mol. The number of carbonyl (C=O) groups excluding carboxylic acids is 1. The smallest absolute Gasteiger partial charge is 0.231 e. The first kappa shape index (κ1) is 15.1. The van der Waals surface area contributed by atoms with Gasteiger partial charge in [-0.2, -0.15) is 0 Å². The van der Waals surface area contributed by atoms with Crippen molar-refractivity contribution in [1.82, 2.24) is 4.90 Å². The molecule has 2 saturated heterocycles. The maximum Gasteiger partial charge on any atom is 0.231 e.